The third-order valence-corrected chi connectivity index (χ3v) is 4.03. The first-order valence-electron chi connectivity index (χ1n) is 7.23. The van der Waals surface area contributed by atoms with E-state index in [4.69, 9.17) is 4.74 Å². The van der Waals surface area contributed by atoms with Crippen molar-refractivity contribution in [2.45, 2.75) is 13.0 Å². The van der Waals surface area contributed by atoms with Gasteiger partial charge in [-0.15, -0.1) is 0 Å². The van der Waals surface area contributed by atoms with Crippen LogP contribution in [0.1, 0.15) is 11.4 Å². The average Bonchev–Trinajstić information content (AvgIpc) is 2.94. The monoisotopic (exact) mass is 359 g/mol. The van der Waals surface area contributed by atoms with Gasteiger partial charge in [0.05, 0.1) is 18.1 Å². The maximum Gasteiger partial charge on any atom is 0.123 e. The first-order chi connectivity index (χ1) is 10.8. The van der Waals surface area contributed by atoms with E-state index in [0.29, 0.717) is 0 Å². The molecule has 0 fully saturated rings. The highest BCUT2D eigenvalue weighted by Crippen LogP contribution is 2.22. The smallest absolute Gasteiger partial charge is 0.123 e. The lowest BCUT2D eigenvalue weighted by atomic mass is 10.2. The zero-order valence-corrected chi connectivity index (χ0v) is 14.0. The highest BCUT2D eigenvalue weighted by atomic mass is 79.9. The maximum atomic E-state index is 5.38. The zero-order chi connectivity index (χ0) is 15.4. The molecule has 0 aliphatic carbocycles. The molecule has 4 nitrogen and oxygen atoms in total. The predicted molar refractivity (Wildman–Crippen MR) is 92.2 cm³/mol. The third kappa shape index (κ3) is 3.48. The normalized spacial score (nSPS) is 11.0. The second kappa shape index (κ2) is 6.94. The largest absolute Gasteiger partial charge is 0.496 e. The zero-order valence-electron chi connectivity index (χ0n) is 12.4. The van der Waals surface area contributed by atoms with Crippen molar-refractivity contribution in [1.29, 1.82) is 0 Å². The van der Waals surface area contributed by atoms with E-state index in [-0.39, 0.29) is 0 Å². The van der Waals surface area contributed by atoms with Gasteiger partial charge in [0.2, 0.25) is 0 Å². The fraction of sp³-hybridized carbons (Fsp3) is 0.235. The van der Waals surface area contributed by atoms with Gasteiger partial charge < -0.3 is 15.0 Å². The van der Waals surface area contributed by atoms with Gasteiger partial charge in [0, 0.05) is 29.5 Å². The van der Waals surface area contributed by atoms with E-state index in [1.54, 1.807) is 7.11 Å². The Morgan fingerprint density at radius 3 is 2.91 bits per heavy atom. The molecule has 5 heteroatoms. The van der Waals surface area contributed by atoms with Crippen LogP contribution in [0, 0.1) is 0 Å². The van der Waals surface area contributed by atoms with Gasteiger partial charge in [0.15, 0.2) is 0 Å². The number of H-pyrrole nitrogens is 1. The number of methoxy groups -OCH3 is 1. The molecule has 0 aliphatic heterocycles. The number of para-hydroxylation sites is 2. The number of aromatic amines is 1. The molecular formula is C17H18BrN3O. The molecule has 114 valence electrons. The summed E-state index contributed by atoms with van der Waals surface area (Å²) in [4.78, 5) is 7.92. The first-order valence-corrected chi connectivity index (χ1v) is 8.02. The molecular weight excluding hydrogens is 342 g/mol. The second-order valence-electron chi connectivity index (χ2n) is 5.08. The van der Waals surface area contributed by atoms with Crippen molar-refractivity contribution in [1.82, 2.24) is 15.3 Å². The molecule has 1 aromatic heterocycles. The van der Waals surface area contributed by atoms with Crippen LogP contribution in [0.25, 0.3) is 11.0 Å². The van der Waals surface area contributed by atoms with Crippen LogP contribution in [-0.2, 0) is 13.0 Å². The van der Waals surface area contributed by atoms with Crippen LogP contribution in [0.2, 0.25) is 0 Å². The molecule has 0 aliphatic rings. The van der Waals surface area contributed by atoms with Crippen LogP contribution in [0.15, 0.2) is 46.9 Å². The fourth-order valence-corrected chi connectivity index (χ4v) is 2.85. The Morgan fingerprint density at radius 1 is 1.23 bits per heavy atom. The lowest BCUT2D eigenvalue weighted by molar-refractivity contribution is 0.407. The number of nitrogens with one attached hydrogen (secondary N) is 2. The number of benzene rings is 2. The molecule has 0 spiro atoms. The molecule has 2 N–H and O–H groups in total. The van der Waals surface area contributed by atoms with Gasteiger partial charge in [-0.05, 0) is 30.3 Å². The van der Waals surface area contributed by atoms with E-state index in [9.17, 15) is 0 Å². The van der Waals surface area contributed by atoms with E-state index in [2.05, 4.69) is 37.3 Å². The lowest BCUT2D eigenvalue weighted by Crippen LogP contribution is -2.17. The lowest BCUT2D eigenvalue weighted by Gasteiger charge is -2.09. The van der Waals surface area contributed by atoms with Crippen LogP contribution in [-0.4, -0.2) is 23.6 Å². The minimum Gasteiger partial charge on any atom is -0.496 e. The molecule has 0 bridgehead atoms. The number of hydrogen-bond donors (Lipinski definition) is 2. The number of fused-ring (bicyclic) bond motifs is 1. The van der Waals surface area contributed by atoms with Gasteiger partial charge in [0.1, 0.15) is 11.6 Å². The number of halogens is 1. The molecule has 1 heterocycles. The highest BCUT2D eigenvalue weighted by Gasteiger charge is 2.04. The van der Waals surface area contributed by atoms with E-state index in [1.807, 2.05) is 36.4 Å². The topological polar surface area (TPSA) is 49.9 Å². The summed E-state index contributed by atoms with van der Waals surface area (Å²) >= 11 is 3.49. The van der Waals surface area contributed by atoms with Crippen molar-refractivity contribution >= 4 is 27.0 Å². The minimum atomic E-state index is 0.767. The number of imidazole rings is 1. The molecule has 0 amide bonds. The molecule has 0 atom stereocenters. The molecule has 0 unspecified atom stereocenters. The van der Waals surface area contributed by atoms with Gasteiger partial charge in [-0.3, -0.25) is 0 Å². The Labute approximate surface area is 138 Å². The van der Waals surface area contributed by atoms with Crippen LogP contribution in [0.4, 0.5) is 0 Å². The summed E-state index contributed by atoms with van der Waals surface area (Å²) in [5, 5.41) is 3.44. The Balaban J connectivity index is 1.56. The van der Waals surface area contributed by atoms with Gasteiger partial charge in [-0.1, -0.05) is 28.1 Å². The predicted octanol–water partition coefficient (Wildman–Crippen LogP) is 3.67. The Bertz CT molecular complexity index is 736. The molecule has 0 radical (unpaired) electrons. The van der Waals surface area contributed by atoms with Crippen molar-refractivity contribution in [3.05, 3.63) is 58.3 Å². The van der Waals surface area contributed by atoms with Gasteiger partial charge in [0.25, 0.3) is 0 Å². The summed E-state index contributed by atoms with van der Waals surface area (Å²) in [5.74, 6) is 1.91. The van der Waals surface area contributed by atoms with Gasteiger partial charge in [-0.25, -0.2) is 4.98 Å². The van der Waals surface area contributed by atoms with Crippen molar-refractivity contribution < 1.29 is 4.74 Å². The molecule has 22 heavy (non-hydrogen) atoms. The SMILES string of the molecule is COc1ccc(Br)cc1CNCCc1nc2ccccc2[nH]1. The number of ether oxygens (including phenoxy) is 1. The molecule has 3 rings (SSSR count). The van der Waals surface area contributed by atoms with Crippen molar-refractivity contribution in [3.8, 4) is 5.75 Å². The van der Waals surface area contributed by atoms with Crippen molar-refractivity contribution in [2.75, 3.05) is 13.7 Å². The molecule has 2 aromatic carbocycles. The third-order valence-electron chi connectivity index (χ3n) is 3.53. The van der Waals surface area contributed by atoms with Crippen molar-refractivity contribution in [2.24, 2.45) is 0 Å². The second-order valence-corrected chi connectivity index (χ2v) is 6.00. The molecule has 0 saturated heterocycles. The Morgan fingerprint density at radius 2 is 2.09 bits per heavy atom. The van der Waals surface area contributed by atoms with E-state index in [0.717, 1.165) is 52.2 Å². The van der Waals surface area contributed by atoms with E-state index in [1.165, 1.54) is 0 Å². The summed E-state index contributed by atoms with van der Waals surface area (Å²) in [6.45, 7) is 1.62. The highest BCUT2D eigenvalue weighted by molar-refractivity contribution is 9.10. The fourth-order valence-electron chi connectivity index (χ4n) is 2.44. The molecule has 3 aromatic rings. The average molecular weight is 360 g/mol. The Hall–Kier alpha value is -1.85. The van der Waals surface area contributed by atoms with Crippen molar-refractivity contribution in [3.63, 3.8) is 0 Å². The van der Waals surface area contributed by atoms with Gasteiger partial charge >= 0.3 is 0 Å². The summed E-state index contributed by atoms with van der Waals surface area (Å²) in [6.07, 6.45) is 0.866. The van der Waals surface area contributed by atoms with E-state index < -0.39 is 0 Å². The van der Waals surface area contributed by atoms with E-state index >= 15 is 0 Å². The number of aromatic nitrogens is 2. The van der Waals surface area contributed by atoms with Crippen LogP contribution >= 0.6 is 15.9 Å². The number of hydrogen-bond acceptors (Lipinski definition) is 3. The summed E-state index contributed by atoms with van der Waals surface area (Å²) in [5.41, 5.74) is 3.25. The van der Waals surface area contributed by atoms with Gasteiger partial charge in [-0.2, -0.15) is 0 Å². The Kier molecular flexibility index (Phi) is 4.75. The van der Waals surface area contributed by atoms with Crippen LogP contribution < -0.4 is 10.1 Å². The summed E-state index contributed by atoms with van der Waals surface area (Å²) < 4.78 is 6.43. The number of rotatable bonds is 6. The van der Waals surface area contributed by atoms with Crippen LogP contribution in [0.3, 0.4) is 0 Å². The molecule has 0 saturated carbocycles. The number of nitrogens with zero attached hydrogens (tertiary/aromatic N) is 1. The standard InChI is InChI=1S/C17H18BrN3O/c1-22-16-7-6-13(18)10-12(16)11-19-9-8-17-20-14-4-2-3-5-15(14)21-17/h2-7,10,19H,8-9,11H2,1H3,(H,20,21). The van der Waals surface area contributed by atoms with Crippen LogP contribution in [0.5, 0.6) is 5.75 Å². The summed E-state index contributed by atoms with van der Waals surface area (Å²) in [6, 6.07) is 14.1. The quantitative estimate of drug-likeness (QED) is 0.660. The maximum absolute atomic E-state index is 5.38. The summed E-state index contributed by atoms with van der Waals surface area (Å²) in [7, 11) is 1.70. The first kappa shape index (κ1) is 15.1. The minimum absolute atomic E-state index is 0.767.